The van der Waals surface area contributed by atoms with Gasteiger partial charge in [-0.25, -0.2) is 4.79 Å². The average molecular weight is 317 g/mol. The quantitative estimate of drug-likeness (QED) is 0.436. The minimum Gasteiger partial charge on any atom is -0.505 e. The molecule has 1 atom stereocenters. The Morgan fingerprint density at radius 3 is 2.83 bits per heavy atom. The molecule has 0 aliphatic heterocycles. The highest BCUT2D eigenvalue weighted by Crippen LogP contribution is 2.31. The van der Waals surface area contributed by atoms with Crippen LogP contribution in [-0.2, 0) is 14.3 Å². The van der Waals surface area contributed by atoms with Crippen LogP contribution in [0.2, 0.25) is 0 Å². The molecule has 0 fully saturated rings. The maximum atomic E-state index is 11.6. The van der Waals surface area contributed by atoms with Gasteiger partial charge >= 0.3 is 5.97 Å². The zero-order valence-corrected chi connectivity index (χ0v) is 11.2. The molecular formula is C11H13BrN2O4. The summed E-state index contributed by atoms with van der Waals surface area (Å²) in [4.78, 5) is 22.9. The molecule has 0 saturated carbocycles. The number of halogens is 1. The molecule has 1 rings (SSSR count). The SMILES string of the molecule is CCOC(=O)C(N)C(=O)Nc1cccc(Br)c1O. The van der Waals surface area contributed by atoms with Crippen LogP contribution in [0.5, 0.6) is 5.75 Å². The van der Waals surface area contributed by atoms with Gasteiger partial charge in [0.15, 0.2) is 11.8 Å². The van der Waals surface area contributed by atoms with E-state index in [1.165, 1.54) is 6.07 Å². The second-order valence-corrected chi connectivity index (χ2v) is 4.21. The highest BCUT2D eigenvalue weighted by Gasteiger charge is 2.24. The number of phenolic OH excluding ortho intramolecular Hbond substituents is 1. The van der Waals surface area contributed by atoms with E-state index in [0.717, 1.165) is 0 Å². The van der Waals surface area contributed by atoms with Crippen molar-refractivity contribution in [1.82, 2.24) is 0 Å². The number of aromatic hydroxyl groups is 1. The number of ether oxygens (including phenoxy) is 1. The molecule has 0 bridgehead atoms. The third-order valence-electron chi connectivity index (χ3n) is 2.07. The van der Waals surface area contributed by atoms with Crippen molar-refractivity contribution in [2.24, 2.45) is 5.73 Å². The van der Waals surface area contributed by atoms with Crippen LogP contribution in [0.15, 0.2) is 22.7 Å². The van der Waals surface area contributed by atoms with E-state index in [0.29, 0.717) is 4.47 Å². The molecular weight excluding hydrogens is 304 g/mol. The minimum absolute atomic E-state index is 0.137. The van der Waals surface area contributed by atoms with E-state index < -0.39 is 17.9 Å². The second-order valence-electron chi connectivity index (χ2n) is 3.35. The monoisotopic (exact) mass is 316 g/mol. The van der Waals surface area contributed by atoms with E-state index in [-0.39, 0.29) is 18.0 Å². The first kappa shape index (κ1) is 14.5. The first-order valence-electron chi connectivity index (χ1n) is 5.18. The van der Waals surface area contributed by atoms with Gasteiger partial charge in [0.05, 0.1) is 16.8 Å². The third kappa shape index (κ3) is 3.44. The van der Waals surface area contributed by atoms with Gasteiger partial charge in [-0.3, -0.25) is 4.79 Å². The molecule has 0 aliphatic rings. The van der Waals surface area contributed by atoms with Crippen LogP contribution in [0.3, 0.4) is 0 Å². The fourth-order valence-electron chi connectivity index (χ4n) is 1.17. The van der Waals surface area contributed by atoms with Gasteiger partial charge in [0.25, 0.3) is 5.91 Å². The van der Waals surface area contributed by atoms with Gasteiger partial charge in [-0.1, -0.05) is 6.07 Å². The predicted octanol–water partition coefficient (Wildman–Crippen LogP) is 0.984. The number of hydrogen-bond acceptors (Lipinski definition) is 5. The highest BCUT2D eigenvalue weighted by atomic mass is 79.9. The molecule has 1 unspecified atom stereocenters. The number of amides is 1. The van der Waals surface area contributed by atoms with Crippen LogP contribution in [0, 0.1) is 0 Å². The first-order chi connectivity index (χ1) is 8.47. The molecule has 0 spiro atoms. The summed E-state index contributed by atoms with van der Waals surface area (Å²) in [5.41, 5.74) is 5.56. The Balaban J connectivity index is 2.75. The molecule has 0 heterocycles. The number of nitrogens with two attached hydrogens (primary N) is 1. The lowest BCUT2D eigenvalue weighted by Crippen LogP contribution is -2.43. The molecule has 4 N–H and O–H groups in total. The Morgan fingerprint density at radius 2 is 2.22 bits per heavy atom. The number of carbonyl (C=O) groups is 2. The number of para-hydroxylation sites is 1. The predicted molar refractivity (Wildman–Crippen MR) is 69.0 cm³/mol. The lowest BCUT2D eigenvalue weighted by molar-refractivity contribution is -0.146. The van der Waals surface area contributed by atoms with Crippen molar-refractivity contribution in [3.05, 3.63) is 22.7 Å². The van der Waals surface area contributed by atoms with Crippen molar-refractivity contribution in [1.29, 1.82) is 0 Å². The Hall–Kier alpha value is -1.60. The normalized spacial score (nSPS) is 11.7. The fraction of sp³-hybridized carbons (Fsp3) is 0.273. The molecule has 1 amide bonds. The zero-order valence-electron chi connectivity index (χ0n) is 9.64. The summed E-state index contributed by atoms with van der Waals surface area (Å²) in [6, 6.07) is 3.28. The van der Waals surface area contributed by atoms with Gasteiger partial charge in [0.2, 0.25) is 0 Å². The molecule has 7 heteroatoms. The first-order valence-corrected chi connectivity index (χ1v) is 5.97. The Labute approximate surface area is 112 Å². The molecule has 98 valence electrons. The second kappa shape index (κ2) is 6.36. The van der Waals surface area contributed by atoms with E-state index in [1.807, 2.05) is 0 Å². The maximum Gasteiger partial charge on any atom is 0.332 e. The van der Waals surface area contributed by atoms with Gasteiger partial charge in [0, 0.05) is 0 Å². The molecule has 1 aromatic rings. The number of carbonyl (C=O) groups excluding carboxylic acids is 2. The van der Waals surface area contributed by atoms with Crippen molar-refractivity contribution in [2.45, 2.75) is 13.0 Å². The lowest BCUT2D eigenvalue weighted by atomic mass is 10.2. The number of benzene rings is 1. The third-order valence-corrected chi connectivity index (χ3v) is 2.71. The number of hydrogen-bond donors (Lipinski definition) is 3. The summed E-state index contributed by atoms with van der Waals surface area (Å²) in [6.07, 6.45) is 0. The largest absolute Gasteiger partial charge is 0.505 e. The van der Waals surface area contributed by atoms with Gasteiger partial charge in [0.1, 0.15) is 0 Å². The standard InChI is InChI=1S/C11H13BrN2O4/c1-2-18-11(17)8(13)10(16)14-7-5-3-4-6(12)9(7)15/h3-5,8,15H,2,13H2,1H3,(H,14,16). The van der Waals surface area contributed by atoms with E-state index in [4.69, 9.17) is 5.73 Å². The van der Waals surface area contributed by atoms with Crippen LogP contribution in [0.1, 0.15) is 6.92 Å². The Kier molecular flexibility index (Phi) is 5.11. The summed E-state index contributed by atoms with van der Waals surface area (Å²) in [5, 5.41) is 12.0. The number of nitrogens with one attached hydrogen (secondary N) is 1. The smallest absolute Gasteiger partial charge is 0.332 e. The van der Waals surface area contributed by atoms with Crippen molar-refractivity contribution in [2.75, 3.05) is 11.9 Å². The van der Waals surface area contributed by atoms with Crippen LogP contribution < -0.4 is 11.1 Å². The summed E-state index contributed by atoms with van der Waals surface area (Å²) in [7, 11) is 0. The highest BCUT2D eigenvalue weighted by molar-refractivity contribution is 9.10. The molecule has 18 heavy (non-hydrogen) atoms. The summed E-state index contributed by atoms with van der Waals surface area (Å²) >= 11 is 3.10. The van der Waals surface area contributed by atoms with Gasteiger partial charge in [-0.15, -0.1) is 0 Å². The van der Waals surface area contributed by atoms with Crippen LogP contribution in [-0.4, -0.2) is 29.6 Å². The Morgan fingerprint density at radius 1 is 1.56 bits per heavy atom. The van der Waals surface area contributed by atoms with E-state index in [1.54, 1.807) is 19.1 Å². The van der Waals surface area contributed by atoms with Gasteiger partial charge in [-0.05, 0) is 35.0 Å². The molecule has 0 radical (unpaired) electrons. The van der Waals surface area contributed by atoms with Gasteiger partial charge in [-0.2, -0.15) is 0 Å². The number of rotatable bonds is 4. The molecule has 0 aliphatic carbocycles. The zero-order chi connectivity index (χ0) is 13.7. The van der Waals surface area contributed by atoms with E-state index in [2.05, 4.69) is 26.0 Å². The van der Waals surface area contributed by atoms with E-state index >= 15 is 0 Å². The van der Waals surface area contributed by atoms with Crippen molar-refractivity contribution in [3.8, 4) is 5.75 Å². The van der Waals surface area contributed by atoms with Crippen molar-refractivity contribution >= 4 is 33.5 Å². The van der Waals surface area contributed by atoms with Crippen molar-refractivity contribution < 1.29 is 19.4 Å². The summed E-state index contributed by atoms with van der Waals surface area (Å²) in [6.45, 7) is 1.75. The number of phenols is 1. The molecule has 6 nitrogen and oxygen atoms in total. The minimum atomic E-state index is -1.43. The summed E-state index contributed by atoms with van der Waals surface area (Å²) < 4.78 is 5.04. The van der Waals surface area contributed by atoms with Crippen LogP contribution in [0.4, 0.5) is 5.69 Å². The molecule has 0 saturated heterocycles. The average Bonchev–Trinajstić information content (AvgIpc) is 2.34. The summed E-state index contributed by atoms with van der Waals surface area (Å²) in [5.74, 6) is -1.70. The lowest BCUT2D eigenvalue weighted by Gasteiger charge is -2.12. The van der Waals surface area contributed by atoms with Crippen LogP contribution in [0.25, 0.3) is 0 Å². The number of esters is 1. The topological polar surface area (TPSA) is 102 Å². The number of anilines is 1. The molecule has 0 aromatic heterocycles. The van der Waals surface area contributed by atoms with E-state index in [9.17, 15) is 14.7 Å². The van der Waals surface area contributed by atoms with Crippen molar-refractivity contribution in [3.63, 3.8) is 0 Å². The molecule has 1 aromatic carbocycles. The fourth-order valence-corrected chi connectivity index (χ4v) is 1.53. The van der Waals surface area contributed by atoms with Gasteiger partial charge < -0.3 is 20.9 Å². The Bertz CT molecular complexity index is 464. The maximum absolute atomic E-state index is 11.6. The van der Waals surface area contributed by atoms with Crippen LogP contribution >= 0.6 is 15.9 Å².